The summed E-state index contributed by atoms with van der Waals surface area (Å²) in [6.45, 7) is 2.08. The van der Waals surface area contributed by atoms with Crippen LogP contribution in [0.5, 0.6) is 0 Å². The van der Waals surface area contributed by atoms with Gasteiger partial charge in [0.15, 0.2) is 0 Å². The molecule has 0 radical (unpaired) electrons. The minimum absolute atomic E-state index is 0.176. The first-order valence-corrected chi connectivity index (χ1v) is 5.40. The molecular weight excluding hydrogens is 238 g/mol. The van der Waals surface area contributed by atoms with Crippen molar-refractivity contribution in [3.63, 3.8) is 0 Å². The molecule has 1 aromatic carbocycles. The van der Waals surface area contributed by atoms with E-state index in [9.17, 15) is 4.39 Å². The second-order valence-corrected chi connectivity index (χ2v) is 4.23. The van der Waals surface area contributed by atoms with Crippen LogP contribution in [0, 0.1) is 5.82 Å². The van der Waals surface area contributed by atoms with Crippen LogP contribution in [0.25, 0.3) is 0 Å². The Balaban J connectivity index is 3.00. The third-order valence-electron chi connectivity index (χ3n) is 1.81. The molecule has 66 valence electrons. The Morgan fingerprint density at radius 1 is 1.50 bits per heavy atom. The lowest BCUT2D eigenvalue weighted by Crippen LogP contribution is -1.94. The van der Waals surface area contributed by atoms with Gasteiger partial charge in [0.2, 0.25) is 0 Å². The summed E-state index contributed by atoms with van der Waals surface area (Å²) in [7, 11) is 2.66. The van der Waals surface area contributed by atoms with Crippen molar-refractivity contribution < 1.29 is 4.39 Å². The highest BCUT2D eigenvalue weighted by molar-refractivity contribution is 9.10. The van der Waals surface area contributed by atoms with E-state index in [1.165, 1.54) is 6.07 Å². The average molecular weight is 249 g/mol. The molecule has 0 amide bonds. The summed E-state index contributed by atoms with van der Waals surface area (Å²) in [6, 6.07) is 5.01. The Labute approximate surface area is 82.9 Å². The number of halogens is 2. The van der Waals surface area contributed by atoms with Crippen molar-refractivity contribution in [2.75, 3.05) is 6.16 Å². The fourth-order valence-corrected chi connectivity index (χ4v) is 1.75. The van der Waals surface area contributed by atoms with Crippen LogP contribution in [0.3, 0.4) is 0 Å². The lowest BCUT2D eigenvalue weighted by atomic mass is 10.0. The molecule has 1 aromatic rings. The van der Waals surface area contributed by atoms with E-state index in [1.807, 2.05) is 6.07 Å². The Bertz CT molecular complexity index is 255. The first kappa shape index (κ1) is 10.1. The van der Waals surface area contributed by atoms with Gasteiger partial charge in [-0.3, -0.25) is 0 Å². The van der Waals surface area contributed by atoms with Gasteiger partial charge >= 0.3 is 0 Å². The van der Waals surface area contributed by atoms with Crippen molar-refractivity contribution >= 4 is 25.2 Å². The second kappa shape index (κ2) is 4.34. The van der Waals surface area contributed by atoms with E-state index in [4.69, 9.17) is 0 Å². The molecule has 3 heteroatoms. The SMILES string of the molecule is CC(CP)c1cc(F)cc(Br)c1. The summed E-state index contributed by atoms with van der Waals surface area (Å²) < 4.78 is 13.7. The molecule has 0 spiro atoms. The van der Waals surface area contributed by atoms with Crippen LogP contribution >= 0.6 is 25.2 Å². The molecule has 0 fully saturated rings. The van der Waals surface area contributed by atoms with E-state index >= 15 is 0 Å². The molecule has 0 aliphatic heterocycles. The predicted molar refractivity (Wildman–Crippen MR) is 57.1 cm³/mol. The highest BCUT2D eigenvalue weighted by Gasteiger charge is 2.05. The smallest absolute Gasteiger partial charge is 0.124 e. The van der Waals surface area contributed by atoms with Gasteiger partial charge < -0.3 is 0 Å². The predicted octanol–water partition coefficient (Wildman–Crippen LogP) is 3.57. The van der Waals surface area contributed by atoms with Gasteiger partial charge in [0, 0.05) is 4.47 Å². The van der Waals surface area contributed by atoms with Gasteiger partial charge in [0.05, 0.1) is 0 Å². The van der Waals surface area contributed by atoms with Gasteiger partial charge in [-0.05, 0) is 35.8 Å². The van der Waals surface area contributed by atoms with Crippen molar-refractivity contribution in [3.05, 3.63) is 34.1 Å². The molecule has 0 bridgehead atoms. The quantitative estimate of drug-likeness (QED) is 0.703. The van der Waals surface area contributed by atoms with Gasteiger partial charge in [-0.1, -0.05) is 22.9 Å². The van der Waals surface area contributed by atoms with E-state index in [0.29, 0.717) is 5.92 Å². The maximum absolute atomic E-state index is 12.9. The molecule has 0 N–H and O–H groups in total. The van der Waals surface area contributed by atoms with E-state index < -0.39 is 0 Å². The first-order valence-electron chi connectivity index (χ1n) is 3.79. The number of benzene rings is 1. The molecule has 2 atom stereocenters. The molecule has 12 heavy (non-hydrogen) atoms. The molecule has 0 aliphatic rings. The fraction of sp³-hybridized carbons (Fsp3) is 0.333. The minimum Gasteiger partial charge on any atom is -0.207 e. The van der Waals surface area contributed by atoms with Crippen LogP contribution in [0.1, 0.15) is 18.4 Å². The molecular formula is C9H11BrFP. The van der Waals surface area contributed by atoms with Gasteiger partial charge in [-0.15, -0.1) is 9.24 Å². The largest absolute Gasteiger partial charge is 0.207 e. The van der Waals surface area contributed by atoms with E-state index in [2.05, 4.69) is 32.1 Å². The van der Waals surface area contributed by atoms with Crippen LogP contribution in [0.4, 0.5) is 4.39 Å². The molecule has 1 rings (SSSR count). The zero-order chi connectivity index (χ0) is 9.14. The van der Waals surface area contributed by atoms with Crippen LogP contribution in [0.15, 0.2) is 22.7 Å². The van der Waals surface area contributed by atoms with Crippen molar-refractivity contribution in [2.24, 2.45) is 0 Å². The van der Waals surface area contributed by atoms with Crippen LogP contribution in [0.2, 0.25) is 0 Å². The van der Waals surface area contributed by atoms with Crippen LogP contribution in [-0.4, -0.2) is 6.16 Å². The van der Waals surface area contributed by atoms with Gasteiger partial charge in [-0.25, -0.2) is 4.39 Å². The molecule has 0 saturated heterocycles. The maximum Gasteiger partial charge on any atom is 0.124 e. The second-order valence-electron chi connectivity index (χ2n) is 2.84. The summed E-state index contributed by atoms with van der Waals surface area (Å²) >= 11 is 3.26. The normalized spacial score (nSPS) is 13.0. The van der Waals surface area contributed by atoms with E-state index in [1.54, 1.807) is 6.07 Å². The Morgan fingerprint density at radius 3 is 2.67 bits per heavy atom. The van der Waals surface area contributed by atoms with Crippen LogP contribution in [-0.2, 0) is 0 Å². The van der Waals surface area contributed by atoms with E-state index in [0.717, 1.165) is 16.2 Å². The summed E-state index contributed by atoms with van der Waals surface area (Å²) in [5.41, 5.74) is 1.04. The molecule has 0 saturated carbocycles. The summed E-state index contributed by atoms with van der Waals surface area (Å²) in [4.78, 5) is 0. The third kappa shape index (κ3) is 2.53. The summed E-state index contributed by atoms with van der Waals surface area (Å²) in [5, 5.41) is 0. The summed E-state index contributed by atoms with van der Waals surface area (Å²) in [5.74, 6) is 0.215. The van der Waals surface area contributed by atoms with Gasteiger partial charge in [-0.2, -0.15) is 0 Å². The van der Waals surface area contributed by atoms with Gasteiger partial charge in [0.1, 0.15) is 5.82 Å². The van der Waals surface area contributed by atoms with Gasteiger partial charge in [0.25, 0.3) is 0 Å². The zero-order valence-electron chi connectivity index (χ0n) is 6.85. The monoisotopic (exact) mass is 248 g/mol. The van der Waals surface area contributed by atoms with Crippen molar-refractivity contribution in [1.82, 2.24) is 0 Å². The number of rotatable bonds is 2. The van der Waals surface area contributed by atoms with Crippen molar-refractivity contribution in [2.45, 2.75) is 12.8 Å². The topological polar surface area (TPSA) is 0 Å². The zero-order valence-corrected chi connectivity index (χ0v) is 9.59. The third-order valence-corrected chi connectivity index (χ3v) is 2.97. The molecule has 2 unspecified atom stereocenters. The average Bonchev–Trinajstić information content (AvgIpc) is 2.01. The molecule has 0 aromatic heterocycles. The highest BCUT2D eigenvalue weighted by Crippen LogP contribution is 2.22. The minimum atomic E-state index is -0.176. The standard InChI is InChI=1S/C9H11BrFP/c1-6(5-12)7-2-8(10)4-9(11)3-7/h2-4,6H,5,12H2,1H3. The fourth-order valence-electron chi connectivity index (χ4n) is 0.996. The lowest BCUT2D eigenvalue weighted by Gasteiger charge is -2.08. The summed E-state index contributed by atoms with van der Waals surface area (Å²) in [6.07, 6.45) is 0.954. The van der Waals surface area contributed by atoms with Crippen LogP contribution < -0.4 is 0 Å². The Kier molecular flexibility index (Phi) is 3.67. The van der Waals surface area contributed by atoms with Crippen molar-refractivity contribution in [3.8, 4) is 0 Å². The first-order chi connectivity index (χ1) is 5.63. The molecule has 0 aliphatic carbocycles. The lowest BCUT2D eigenvalue weighted by molar-refractivity contribution is 0.622. The molecule has 0 heterocycles. The number of hydrogen-bond acceptors (Lipinski definition) is 0. The maximum atomic E-state index is 12.9. The number of hydrogen-bond donors (Lipinski definition) is 0. The van der Waals surface area contributed by atoms with E-state index in [-0.39, 0.29) is 5.82 Å². The molecule has 0 nitrogen and oxygen atoms in total. The van der Waals surface area contributed by atoms with Crippen molar-refractivity contribution in [1.29, 1.82) is 0 Å². The Hall–Kier alpha value is 0.0600. The Morgan fingerprint density at radius 2 is 2.17 bits per heavy atom. The highest BCUT2D eigenvalue weighted by atomic mass is 79.9.